The number of likely N-dealkylation sites (N-methyl/N-ethyl adjacent to an activating group) is 1. The van der Waals surface area contributed by atoms with Crippen LogP contribution in [0.25, 0.3) is 0 Å². The average Bonchev–Trinajstić information content (AvgIpc) is 3.04. The van der Waals surface area contributed by atoms with Crippen molar-refractivity contribution in [2.75, 3.05) is 26.7 Å². The van der Waals surface area contributed by atoms with Gasteiger partial charge >= 0.3 is 6.09 Å². The van der Waals surface area contributed by atoms with E-state index in [2.05, 4.69) is 66.5 Å². The van der Waals surface area contributed by atoms with Crippen LogP contribution in [0.15, 0.2) is 42.5 Å². The molecular formula is C24H31ClN2O2. The number of nitrogens with zero attached hydrogens (tertiary/aromatic N) is 1. The fourth-order valence-corrected chi connectivity index (χ4v) is 5.05. The smallest absolute Gasteiger partial charge is 0.407 e. The van der Waals surface area contributed by atoms with Gasteiger partial charge < -0.3 is 15.0 Å². The first-order valence-electron chi connectivity index (χ1n) is 10.4. The molecule has 1 fully saturated rings. The molecule has 4 nitrogen and oxygen atoms in total. The van der Waals surface area contributed by atoms with Crippen LogP contribution in [-0.2, 0) is 11.3 Å². The van der Waals surface area contributed by atoms with Crippen molar-refractivity contribution in [1.29, 1.82) is 0 Å². The molecule has 0 saturated carbocycles. The third kappa shape index (κ3) is 4.29. The van der Waals surface area contributed by atoms with E-state index in [0.717, 1.165) is 12.1 Å². The lowest BCUT2D eigenvalue weighted by atomic mass is 9.78. The standard InChI is InChI=1S/C24H30N2O2.ClH/c1-4-26-12-11-20-22(14-26)19-10-5-16(2)13-21(19)23(20)18-8-6-17(7-9-18)15-28-24(27)25-3;/h5-10,13,20,22-23H,4,11-12,14-15H2,1-3H3,(H,25,27);1H/t20-,22-,23+;/m1./s1. The number of likely N-dealkylation sites (tertiary alicyclic amines) is 1. The molecule has 29 heavy (non-hydrogen) atoms. The van der Waals surface area contributed by atoms with Gasteiger partial charge in [-0.1, -0.05) is 55.0 Å². The zero-order chi connectivity index (χ0) is 19.7. The number of carbonyl (C=O) groups excluding carboxylic acids is 1. The third-order valence-corrected chi connectivity index (χ3v) is 6.52. The Morgan fingerprint density at radius 1 is 1.17 bits per heavy atom. The van der Waals surface area contributed by atoms with Crippen molar-refractivity contribution in [3.05, 3.63) is 70.3 Å². The zero-order valence-electron chi connectivity index (χ0n) is 17.5. The van der Waals surface area contributed by atoms with E-state index in [0.29, 0.717) is 24.4 Å². The Morgan fingerprint density at radius 2 is 1.93 bits per heavy atom. The number of hydrogen-bond donors (Lipinski definition) is 1. The first-order valence-corrected chi connectivity index (χ1v) is 10.4. The maximum Gasteiger partial charge on any atom is 0.407 e. The molecule has 1 saturated heterocycles. The zero-order valence-corrected chi connectivity index (χ0v) is 18.3. The number of aryl methyl sites for hydroxylation is 1. The fraction of sp³-hybridized carbons (Fsp3) is 0.458. The summed E-state index contributed by atoms with van der Waals surface area (Å²) in [7, 11) is 1.57. The van der Waals surface area contributed by atoms with E-state index >= 15 is 0 Å². The first-order chi connectivity index (χ1) is 13.6. The van der Waals surface area contributed by atoms with Crippen molar-refractivity contribution < 1.29 is 9.53 Å². The second-order valence-electron chi connectivity index (χ2n) is 8.13. The number of halogens is 1. The van der Waals surface area contributed by atoms with Crippen molar-refractivity contribution in [3.63, 3.8) is 0 Å². The van der Waals surface area contributed by atoms with Gasteiger partial charge in [0.15, 0.2) is 0 Å². The lowest BCUT2D eigenvalue weighted by Crippen LogP contribution is -2.38. The minimum absolute atomic E-state index is 0. The number of carbonyl (C=O) groups is 1. The Kier molecular flexibility index (Phi) is 6.86. The van der Waals surface area contributed by atoms with Crippen LogP contribution < -0.4 is 5.32 Å². The van der Waals surface area contributed by atoms with E-state index in [1.807, 2.05) is 0 Å². The maximum atomic E-state index is 11.3. The molecule has 1 N–H and O–H groups in total. The third-order valence-electron chi connectivity index (χ3n) is 6.52. The van der Waals surface area contributed by atoms with Gasteiger partial charge in [0.05, 0.1) is 0 Å². The molecule has 0 unspecified atom stereocenters. The summed E-state index contributed by atoms with van der Waals surface area (Å²) in [5, 5.41) is 2.48. The summed E-state index contributed by atoms with van der Waals surface area (Å²) in [4.78, 5) is 13.9. The van der Waals surface area contributed by atoms with Gasteiger partial charge in [-0.25, -0.2) is 4.79 Å². The Labute approximate surface area is 180 Å². The maximum absolute atomic E-state index is 11.3. The lowest BCUT2D eigenvalue weighted by Gasteiger charge is -2.37. The summed E-state index contributed by atoms with van der Waals surface area (Å²) in [6, 6.07) is 15.7. The van der Waals surface area contributed by atoms with E-state index in [9.17, 15) is 4.79 Å². The molecule has 1 aliphatic heterocycles. The molecule has 4 rings (SSSR count). The van der Waals surface area contributed by atoms with Gasteiger partial charge in [-0.15, -0.1) is 12.4 Å². The Balaban J connectivity index is 0.00000240. The van der Waals surface area contributed by atoms with Crippen molar-refractivity contribution in [2.24, 2.45) is 5.92 Å². The summed E-state index contributed by atoms with van der Waals surface area (Å²) >= 11 is 0. The number of hydrogen-bond acceptors (Lipinski definition) is 3. The van der Waals surface area contributed by atoms with E-state index in [4.69, 9.17) is 4.74 Å². The van der Waals surface area contributed by atoms with E-state index in [1.165, 1.54) is 36.2 Å². The van der Waals surface area contributed by atoms with Gasteiger partial charge in [0.2, 0.25) is 0 Å². The molecule has 2 aromatic rings. The van der Waals surface area contributed by atoms with E-state index < -0.39 is 6.09 Å². The molecule has 5 heteroatoms. The number of nitrogens with one attached hydrogen (secondary N) is 1. The SMILES string of the molecule is CCN1CC[C@H]2[C@H](c3ccc(COC(=O)NC)cc3)c3cc(C)ccc3[C@H]2C1.Cl. The number of fused-ring (bicyclic) bond motifs is 3. The van der Waals surface area contributed by atoms with Gasteiger partial charge in [0.25, 0.3) is 0 Å². The van der Waals surface area contributed by atoms with Crippen molar-refractivity contribution in [1.82, 2.24) is 10.2 Å². The summed E-state index contributed by atoms with van der Waals surface area (Å²) in [6.45, 7) is 8.26. The highest BCUT2D eigenvalue weighted by atomic mass is 35.5. The van der Waals surface area contributed by atoms with Crippen LogP contribution in [0.2, 0.25) is 0 Å². The highest BCUT2D eigenvalue weighted by Gasteiger charge is 2.43. The van der Waals surface area contributed by atoms with Crippen LogP contribution >= 0.6 is 12.4 Å². The van der Waals surface area contributed by atoms with Gasteiger partial charge in [-0.05, 0) is 54.6 Å². The number of benzene rings is 2. The average molecular weight is 415 g/mol. The monoisotopic (exact) mass is 414 g/mol. The molecule has 0 aromatic heterocycles. The highest BCUT2D eigenvalue weighted by molar-refractivity contribution is 5.85. The Morgan fingerprint density at radius 3 is 2.62 bits per heavy atom. The van der Waals surface area contributed by atoms with Crippen molar-refractivity contribution in [2.45, 2.75) is 38.7 Å². The first kappa shape index (κ1) is 21.7. The van der Waals surface area contributed by atoms with Gasteiger partial charge in [-0.3, -0.25) is 0 Å². The molecule has 0 bridgehead atoms. The topological polar surface area (TPSA) is 41.6 Å². The minimum atomic E-state index is -0.394. The molecule has 3 atom stereocenters. The molecule has 0 radical (unpaired) electrons. The van der Waals surface area contributed by atoms with Crippen LogP contribution in [-0.4, -0.2) is 37.7 Å². The molecule has 156 valence electrons. The molecule has 2 aromatic carbocycles. The molecule has 0 spiro atoms. The summed E-state index contributed by atoms with van der Waals surface area (Å²) < 4.78 is 5.17. The van der Waals surface area contributed by atoms with Gasteiger partial charge in [0, 0.05) is 25.4 Å². The number of amides is 1. The van der Waals surface area contributed by atoms with Gasteiger partial charge in [-0.2, -0.15) is 0 Å². The quantitative estimate of drug-likeness (QED) is 0.777. The van der Waals surface area contributed by atoms with Crippen LogP contribution in [0.1, 0.15) is 53.0 Å². The van der Waals surface area contributed by atoms with E-state index in [-0.39, 0.29) is 12.4 Å². The number of alkyl carbamates (subject to hydrolysis) is 1. The van der Waals surface area contributed by atoms with Crippen LogP contribution in [0.3, 0.4) is 0 Å². The molecule has 1 heterocycles. The minimum Gasteiger partial charge on any atom is -0.445 e. The summed E-state index contributed by atoms with van der Waals surface area (Å²) in [5.41, 5.74) is 6.80. The highest BCUT2D eigenvalue weighted by Crippen LogP contribution is 2.53. The second kappa shape index (κ2) is 9.19. The van der Waals surface area contributed by atoms with Crippen LogP contribution in [0.5, 0.6) is 0 Å². The van der Waals surface area contributed by atoms with Crippen LogP contribution in [0.4, 0.5) is 4.79 Å². The largest absolute Gasteiger partial charge is 0.445 e. The predicted octanol–water partition coefficient (Wildman–Crippen LogP) is 4.84. The summed E-state index contributed by atoms with van der Waals surface area (Å²) in [6.07, 6.45) is 0.855. The number of rotatable bonds is 4. The molecular weight excluding hydrogens is 384 g/mol. The lowest BCUT2D eigenvalue weighted by molar-refractivity contribution is 0.142. The summed E-state index contributed by atoms with van der Waals surface area (Å²) in [5.74, 6) is 1.77. The second-order valence-corrected chi connectivity index (χ2v) is 8.13. The fourth-order valence-electron chi connectivity index (χ4n) is 5.05. The number of ether oxygens (including phenoxy) is 1. The van der Waals surface area contributed by atoms with Crippen molar-refractivity contribution in [3.8, 4) is 0 Å². The normalized spacial score (nSPS) is 22.9. The Hall–Kier alpha value is -2.04. The van der Waals surface area contributed by atoms with Gasteiger partial charge in [0.1, 0.15) is 6.61 Å². The van der Waals surface area contributed by atoms with E-state index in [1.54, 1.807) is 12.6 Å². The number of piperidine rings is 1. The predicted molar refractivity (Wildman–Crippen MR) is 119 cm³/mol. The van der Waals surface area contributed by atoms with Crippen LogP contribution in [0, 0.1) is 12.8 Å². The molecule has 2 aliphatic rings. The molecule has 1 aliphatic carbocycles. The van der Waals surface area contributed by atoms with Crippen molar-refractivity contribution >= 4 is 18.5 Å². The Bertz CT molecular complexity index is 852. The molecule has 1 amide bonds.